The van der Waals surface area contributed by atoms with Crippen LogP contribution >= 0.6 is 22.9 Å². The highest BCUT2D eigenvalue weighted by molar-refractivity contribution is 7.07. The number of esters is 1. The van der Waals surface area contributed by atoms with E-state index in [9.17, 15) is 14.9 Å². The average Bonchev–Trinajstić information content (AvgIpc) is 2.85. The number of aromatic nitrogens is 1. The van der Waals surface area contributed by atoms with Gasteiger partial charge in [0.2, 0.25) is 0 Å². The van der Waals surface area contributed by atoms with Gasteiger partial charge in [0, 0.05) is 24.4 Å². The van der Waals surface area contributed by atoms with Crippen molar-refractivity contribution in [3.05, 3.63) is 48.8 Å². The molecule has 8 heteroatoms. The maximum absolute atomic E-state index is 12.1. The summed E-state index contributed by atoms with van der Waals surface area (Å²) in [5.74, 6) is -0.631. The van der Waals surface area contributed by atoms with E-state index < -0.39 is 5.97 Å². The first kappa shape index (κ1) is 17.7. The van der Waals surface area contributed by atoms with Gasteiger partial charge in [0.1, 0.15) is 20.8 Å². The lowest BCUT2D eigenvalue weighted by Gasteiger charge is -1.94. The highest BCUT2D eigenvalue weighted by Crippen LogP contribution is 2.15. The van der Waals surface area contributed by atoms with Crippen molar-refractivity contribution in [2.75, 3.05) is 7.11 Å². The van der Waals surface area contributed by atoms with Crippen LogP contribution in [0, 0.1) is 11.3 Å². The predicted octanol–water partition coefficient (Wildman–Crippen LogP) is 1.13. The SMILES string of the molecule is COC(=O)C=c1sc(=C(C#N)C=Nc2ccc(Cl)cc2)n(C)c1=O. The number of halogens is 1. The minimum Gasteiger partial charge on any atom is -0.466 e. The van der Waals surface area contributed by atoms with Crippen LogP contribution < -0.4 is 14.8 Å². The summed E-state index contributed by atoms with van der Waals surface area (Å²) < 4.78 is 6.40. The summed E-state index contributed by atoms with van der Waals surface area (Å²) in [5, 5.41) is 9.93. The van der Waals surface area contributed by atoms with Gasteiger partial charge in [-0.25, -0.2) is 4.79 Å². The average molecular weight is 362 g/mol. The largest absolute Gasteiger partial charge is 0.466 e. The Morgan fingerprint density at radius 2 is 2.08 bits per heavy atom. The fraction of sp³-hybridized carbons (Fsp3) is 0.125. The first-order valence-corrected chi connectivity index (χ1v) is 7.85. The Labute approximate surface area is 146 Å². The van der Waals surface area contributed by atoms with Crippen LogP contribution in [0.1, 0.15) is 0 Å². The molecule has 0 atom stereocenters. The number of nitrogens with zero attached hydrogens (tertiary/aromatic N) is 3. The minimum absolute atomic E-state index is 0.187. The molecule has 0 aliphatic heterocycles. The third kappa shape index (κ3) is 3.98. The summed E-state index contributed by atoms with van der Waals surface area (Å²) in [6.45, 7) is 0. The molecule has 1 heterocycles. The number of thiazole rings is 1. The number of methoxy groups -OCH3 is 1. The number of nitriles is 1. The third-order valence-corrected chi connectivity index (χ3v) is 4.45. The van der Waals surface area contributed by atoms with Crippen molar-refractivity contribution in [1.82, 2.24) is 4.57 Å². The lowest BCUT2D eigenvalue weighted by atomic mass is 10.3. The molecule has 2 rings (SSSR count). The van der Waals surface area contributed by atoms with Crippen molar-refractivity contribution in [2.45, 2.75) is 0 Å². The molecule has 24 heavy (non-hydrogen) atoms. The molecular weight excluding hydrogens is 350 g/mol. The second kappa shape index (κ2) is 7.73. The van der Waals surface area contributed by atoms with Crippen LogP contribution in [0.25, 0.3) is 11.6 Å². The van der Waals surface area contributed by atoms with Crippen molar-refractivity contribution in [1.29, 1.82) is 5.26 Å². The highest BCUT2D eigenvalue weighted by atomic mass is 35.5. The number of carbonyl (C=O) groups excluding carboxylic acids is 1. The molecule has 0 saturated heterocycles. The van der Waals surface area contributed by atoms with Gasteiger partial charge in [0.15, 0.2) is 0 Å². The normalized spacial score (nSPS) is 13.0. The van der Waals surface area contributed by atoms with Gasteiger partial charge in [0.05, 0.1) is 12.8 Å². The van der Waals surface area contributed by atoms with Crippen LogP contribution in [-0.2, 0) is 16.6 Å². The Morgan fingerprint density at radius 3 is 2.67 bits per heavy atom. The molecule has 0 aliphatic carbocycles. The number of aliphatic imine (C=N–C) groups is 1. The van der Waals surface area contributed by atoms with Crippen LogP contribution in [-0.4, -0.2) is 23.9 Å². The second-order valence-corrected chi connectivity index (χ2v) is 6.03. The molecule has 0 aliphatic rings. The molecule has 0 unspecified atom stereocenters. The molecule has 0 N–H and O–H groups in total. The Bertz CT molecular complexity index is 1010. The van der Waals surface area contributed by atoms with E-state index in [0.29, 0.717) is 15.4 Å². The van der Waals surface area contributed by atoms with E-state index in [1.165, 1.54) is 24.9 Å². The van der Waals surface area contributed by atoms with E-state index in [1.54, 1.807) is 24.3 Å². The second-order valence-electron chi connectivity index (χ2n) is 4.56. The molecule has 6 nitrogen and oxygen atoms in total. The monoisotopic (exact) mass is 361 g/mol. The number of hydrogen-bond donors (Lipinski definition) is 0. The lowest BCUT2D eigenvalue weighted by Crippen LogP contribution is -2.30. The van der Waals surface area contributed by atoms with Crippen molar-refractivity contribution >= 4 is 52.5 Å². The minimum atomic E-state index is -0.631. The summed E-state index contributed by atoms with van der Waals surface area (Å²) in [6.07, 6.45) is 2.47. The fourth-order valence-electron chi connectivity index (χ4n) is 1.76. The lowest BCUT2D eigenvalue weighted by molar-refractivity contribution is -0.133. The van der Waals surface area contributed by atoms with Gasteiger partial charge in [-0.05, 0) is 24.3 Å². The zero-order valence-electron chi connectivity index (χ0n) is 12.8. The highest BCUT2D eigenvalue weighted by Gasteiger charge is 2.06. The van der Waals surface area contributed by atoms with Crippen LogP contribution in [0.4, 0.5) is 5.69 Å². The quantitative estimate of drug-likeness (QED) is 0.606. The van der Waals surface area contributed by atoms with Gasteiger partial charge < -0.3 is 9.30 Å². The van der Waals surface area contributed by atoms with E-state index in [2.05, 4.69) is 9.73 Å². The molecule has 0 spiro atoms. The molecule has 122 valence electrons. The third-order valence-electron chi connectivity index (χ3n) is 3.00. The van der Waals surface area contributed by atoms with Gasteiger partial charge in [-0.15, -0.1) is 11.3 Å². The summed E-state index contributed by atoms with van der Waals surface area (Å²) in [5.41, 5.74) is 0.446. The zero-order chi connectivity index (χ0) is 17.7. The van der Waals surface area contributed by atoms with Crippen molar-refractivity contribution < 1.29 is 9.53 Å². The van der Waals surface area contributed by atoms with Gasteiger partial charge in [-0.2, -0.15) is 5.26 Å². The van der Waals surface area contributed by atoms with Crippen LogP contribution in [0.5, 0.6) is 0 Å². The standard InChI is InChI=1S/C16H12ClN3O3S/c1-20-15(22)13(7-14(21)23-2)24-16(20)10(8-18)9-19-12-5-3-11(17)4-6-12/h3-7,9H,1-2H3. The smallest absolute Gasteiger partial charge is 0.332 e. The Hall–Kier alpha value is -2.69. The topological polar surface area (TPSA) is 84.4 Å². The molecule has 0 fully saturated rings. The maximum Gasteiger partial charge on any atom is 0.332 e. The molecule has 0 saturated carbocycles. The summed E-state index contributed by atoms with van der Waals surface area (Å²) in [6, 6.07) is 8.79. The van der Waals surface area contributed by atoms with E-state index >= 15 is 0 Å². The molecule has 1 aromatic carbocycles. The summed E-state index contributed by atoms with van der Waals surface area (Å²) in [4.78, 5) is 27.6. The summed E-state index contributed by atoms with van der Waals surface area (Å²) in [7, 11) is 2.75. The van der Waals surface area contributed by atoms with Crippen LogP contribution in [0.15, 0.2) is 34.1 Å². The number of rotatable bonds is 3. The molecule has 2 aromatic rings. The number of benzene rings is 1. The maximum atomic E-state index is 12.1. The first-order chi connectivity index (χ1) is 11.5. The van der Waals surface area contributed by atoms with Gasteiger partial charge in [0.25, 0.3) is 5.56 Å². The number of carbonyl (C=O) groups is 1. The van der Waals surface area contributed by atoms with Gasteiger partial charge in [-0.1, -0.05) is 11.6 Å². The van der Waals surface area contributed by atoms with Crippen molar-refractivity contribution in [2.24, 2.45) is 12.0 Å². The molecular formula is C16H12ClN3O3S. The van der Waals surface area contributed by atoms with Gasteiger partial charge in [-0.3, -0.25) is 9.79 Å². The number of hydrogen-bond acceptors (Lipinski definition) is 6. The van der Waals surface area contributed by atoms with E-state index in [1.807, 2.05) is 6.07 Å². The molecule has 1 aromatic heterocycles. The predicted molar refractivity (Wildman–Crippen MR) is 93.9 cm³/mol. The summed E-state index contributed by atoms with van der Waals surface area (Å²) >= 11 is 6.83. The van der Waals surface area contributed by atoms with E-state index in [-0.39, 0.29) is 15.7 Å². The van der Waals surface area contributed by atoms with Gasteiger partial charge >= 0.3 is 5.97 Å². The Kier molecular flexibility index (Phi) is 5.68. The molecule has 0 radical (unpaired) electrons. The van der Waals surface area contributed by atoms with Crippen molar-refractivity contribution in [3.63, 3.8) is 0 Å². The zero-order valence-corrected chi connectivity index (χ0v) is 14.4. The van der Waals surface area contributed by atoms with Crippen LogP contribution in [0.2, 0.25) is 5.02 Å². The molecule has 0 amide bonds. The van der Waals surface area contributed by atoms with Crippen molar-refractivity contribution in [3.8, 4) is 6.07 Å². The number of ether oxygens (including phenoxy) is 1. The Morgan fingerprint density at radius 1 is 1.42 bits per heavy atom. The van der Waals surface area contributed by atoms with E-state index in [0.717, 1.165) is 17.4 Å². The Balaban J connectivity index is 2.56. The first-order valence-electron chi connectivity index (χ1n) is 6.66. The fourth-order valence-corrected chi connectivity index (χ4v) is 2.91. The van der Waals surface area contributed by atoms with Crippen LogP contribution in [0.3, 0.4) is 0 Å². The van der Waals surface area contributed by atoms with E-state index in [4.69, 9.17) is 11.6 Å². The molecule has 0 bridgehead atoms.